The van der Waals surface area contributed by atoms with E-state index in [1.165, 1.54) is 7.05 Å². The van der Waals surface area contributed by atoms with Crippen LogP contribution in [0.2, 0.25) is 0 Å². The average Bonchev–Trinajstić information content (AvgIpc) is 2.75. The SMILES string of the molecule is CNC(=O)[C@H](Cc1ccc(OC)cc1)NC(=O)C(CC(C)C)C(S)CC(=O)NCC(=O)O. The van der Waals surface area contributed by atoms with Crippen molar-refractivity contribution < 1.29 is 29.0 Å². The fourth-order valence-corrected chi connectivity index (χ4v) is 3.61. The number of methoxy groups -OCH3 is 1. The highest BCUT2D eigenvalue weighted by Crippen LogP contribution is 2.23. The van der Waals surface area contributed by atoms with E-state index in [4.69, 9.17) is 9.84 Å². The van der Waals surface area contributed by atoms with Crippen molar-refractivity contribution in [1.29, 1.82) is 0 Å². The number of hydrogen-bond donors (Lipinski definition) is 5. The Morgan fingerprint density at radius 1 is 1.09 bits per heavy atom. The quantitative estimate of drug-likeness (QED) is 0.275. The third-order valence-electron chi connectivity index (χ3n) is 4.84. The summed E-state index contributed by atoms with van der Waals surface area (Å²) in [5, 5.41) is 15.7. The number of carbonyl (C=O) groups is 4. The smallest absolute Gasteiger partial charge is 0.322 e. The van der Waals surface area contributed by atoms with Crippen LogP contribution in [0.4, 0.5) is 0 Å². The first-order valence-electron chi connectivity index (χ1n) is 10.4. The summed E-state index contributed by atoms with van der Waals surface area (Å²) in [7, 11) is 3.06. The predicted molar refractivity (Wildman–Crippen MR) is 124 cm³/mol. The van der Waals surface area contributed by atoms with Gasteiger partial charge in [-0.2, -0.15) is 12.6 Å². The molecule has 3 amide bonds. The molecule has 0 radical (unpaired) electrons. The van der Waals surface area contributed by atoms with Crippen molar-refractivity contribution >= 4 is 36.3 Å². The van der Waals surface area contributed by atoms with Crippen LogP contribution in [0.15, 0.2) is 24.3 Å². The number of amides is 3. The van der Waals surface area contributed by atoms with Gasteiger partial charge in [0.25, 0.3) is 0 Å². The Hall–Kier alpha value is -2.75. The molecule has 0 spiro atoms. The first-order valence-corrected chi connectivity index (χ1v) is 10.9. The molecule has 0 bridgehead atoms. The second kappa shape index (κ2) is 13.6. The zero-order chi connectivity index (χ0) is 24.3. The van der Waals surface area contributed by atoms with Gasteiger partial charge in [0.15, 0.2) is 0 Å². The van der Waals surface area contributed by atoms with E-state index in [0.717, 1.165) is 5.56 Å². The highest BCUT2D eigenvalue weighted by molar-refractivity contribution is 7.81. The molecular weight excluding hydrogens is 434 g/mol. The molecule has 0 fully saturated rings. The Morgan fingerprint density at radius 3 is 2.22 bits per heavy atom. The van der Waals surface area contributed by atoms with E-state index < -0.39 is 35.6 Å². The molecule has 0 aliphatic carbocycles. The van der Waals surface area contributed by atoms with Gasteiger partial charge in [-0.05, 0) is 30.0 Å². The topological polar surface area (TPSA) is 134 Å². The highest BCUT2D eigenvalue weighted by Gasteiger charge is 2.31. The van der Waals surface area contributed by atoms with E-state index in [1.807, 2.05) is 26.0 Å². The van der Waals surface area contributed by atoms with E-state index in [0.29, 0.717) is 12.2 Å². The molecule has 0 aliphatic rings. The van der Waals surface area contributed by atoms with Crippen molar-refractivity contribution in [3.8, 4) is 5.75 Å². The first-order chi connectivity index (χ1) is 15.1. The van der Waals surface area contributed by atoms with Crippen LogP contribution in [-0.2, 0) is 25.6 Å². The van der Waals surface area contributed by atoms with Crippen LogP contribution in [0.3, 0.4) is 0 Å². The molecule has 0 heterocycles. The molecular formula is C22H33N3O6S. The van der Waals surface area contributed by atoms with E-state index in [-0.39, 0.29) is 30.6 Å². The second-order valence-electron chi connectivity index (χ2n) is 7.91. The second-order valence-corrected chi connectivity index (χ2v) is 8.57. The summed E-state index contributed by atoms with van der Waals surface area (Å²) in [5.41, 5.74) is 0.843. The largest absolute Gasteiger partial charge is 0.497 e. The van der Waals surface area contributed by atoms with Crippen molar-refractivity contribution in [3.63, 3.8) is 0 Å². The molecule has 0 aromatic heterocycles. The minimum absolute atomic E-state index is 0.121. The van der Waals surface area contributed by atoms with E-state index >= 15 is 0 Å². The Bertz CT molecular complexity index is 784. The number of hydrogen-bond acceptors (Lipinski definition) is 6. The molecule has 9 nitrogen and oxygen atoms in total. The molecule has 1 aromatic rings. The first kappa shape index (κ1) is 27.3. The summed E-state index contributed by atoms with van der Waals surface area (Å²) >= 11 is 4.46. The van der Waals surface area contributed by atoms with Crippen LogP contribution in [-0.4, -0.2) is 60.8 Å². The predicted octanol–water partition coefficient (Wildman–Crippen LogP) is 1.02. The van der Waals surface area contributed by atoms with Crippen molar-refractivity contribution in [3.05, 3.63) is 29.8 Å². The molecule has 0 aliphatic heterocycles. The standard InChI is InChI=1S/C22H33N3O6S/c1-13(2)9-16(18(32)11-19(26)24-12-20(27)28)21(29)25-17(22(30)23-3)10-14-5-7-15(31-4)8-6-14/h5-8,13,16-18,32H,9-12H2,1-4H3,(H,23,30)(H,24,26)(H,25,29)(H,27,28)/t16?,17-,18?/m0/s1. The molecule has 10 heteroatoms. The number of aliphatic carboxylic acids is 1. The Kier molecular flexibility index (Phi) is 11.6. The minimum Gasteiger partial charge on any atom is -0.497 e. The van der Waals surface area contributed by atoms with Crippen molar-refractivity contribution in [2.45, 2.75) is 44.4 Å². The van der Waals surface area contributed by atoms with E-state index in [2.05, 4.69) is 28.6 Å². The Morgan fingerprint density at radius 2 is 1.72 bits per heavy atom. The van der Waals surface area contributed by atoms with Crippen LogP contribution >= 0.6 is 12.6 Å². The Balaban J connectivity index is 2.92. The molecule has 1 rings (SSSR count). The van der Waals surface area contributed by atoms with Gasteiger partial charge in [-0.3, -0.25) is 19.2 Å². The van der Waals surface area contributed by atoms with Gasteiger partial charge in [-0.1, -0.05) is 26.0 Å². The number of rotatable bonds is 13. The monoisotopic (exact) mass is 467 g/mol. The zero-order valence-electron chi connectivity index (χ0n) is 18.9. The van der Waals surface area contributed by atoms with Gasteiger partial charge >= 0.3 is 5.97 Å². The lowest BCUT2D eigenvalue weighted by Gasteiger charge is -2.26. The highest BCUT2D eigenvalue weighted by atomic mass is 32.1. The number of carbonyl (C=O) groups excluding carboxylic acids is 3. The lowest BCUT2D eigenvalue weighted by atomic mass is 9.90. The van der Waals surface area contributed by atoms with Gasteiger partial charge in [-0.25, -0.2) is 0 Å². The molecule has 2 unspecified atom stereocenters. The van der Waals surface area contributed by atoms with Crippen molar-refractivity contribution in [1.82, 2.24) is 16.0 Å². The van der Waals surface area contributed by atoms with Gasteiger partial charge in [0.2, 0.25) is 17.7 Å². The number of ether oxygens (including phenoxy) is 1. The minimum atomic E-state index is -1.16. The number of thiol groups is 1. The van der Waals surface area contributed by atoms with Crippen LogP contribution < -0.4 is 20.7 Å². The number of benzene rings is 1. The van der Waals surface area contributed by atoms with E-state index in [1.54, 1.807) is 19.2 Å². The molecule has 178 valence electrons. The maximum atomic E-state index is 13.1. The molecule has 1 aromatic carbocycles. The molecule has 0 saturated carbocycles. The summed E-state index contributed by atoms with van der Waals surface area (Å²) in [6, 6.07) is 6.39. The maximum Gasteiger partial charge on any atom is 0.322 e. The molecule has 4 N–H and O–H groups in total. The number of carboxylic acids is 1. The Labute approximate surface area is 194 Å². The van der Waals surface area contributed by atoms with Crippen LogP contribution in [0.5, 0.6) is 5.75 Å². The number of carboxylic acid groups (broad SMARTS) is 1. The summed E-state index contributed by atoms with van der Waals surface area (Å²) in [6.07, 6.45) is 0.611. The summed E-state index contributed by atoms with van der Waals surface area (Å²) < 4.78 is 5.14. The van der Waals surface area contributed by atoms with Crippen molar-refractivity contribution in [2.24, 2.45) is 11.8 Å². The fraction of sp³-hybridized carbons (Fsp3) is 0.545. The third-order valence-corrected chi connectivity index (χ3v) is 5.38. The molecule has 32 heavy (non-hydrogen) atoms. The van der Waals surface area contributed by atoms with Gasteiger partial charge < -0.3 is 25.8 Å². The number of nitrogens with one attached hydrogen (secondary N) is 3. The van der Waals surface area contributed by atoms with Gasteiger partial charge in [-0.15, -0.1) is 0 Å². The summed E-state index contributed by atoms with van der Waals surface area (Å²) in [5.74, 6) is -2.20. The van der Waals surface area contributed by atoms with Gasteiger partial charge in [0, 0.05) is 25.1 Å². The number of likely N-dealkylation sites (N-methyl/N-ethyl adjacent to an activating group) is 1. The van der Waals surface area contributed by atoms with Crippen LogP contribution in [0.25, 0.3) is 0 Å². The normalized spacial score (nSPS) is 13.6. The van der Waals surface area contributed by atoms with E-state index in [9.17, 15) is 19.2 Å². The maximum absolute atomic E-state index is 13.1. The zero-order valence-corrected chi connectivity index (χ0v) is 19.8. The summed E-state index contributed by atoms with van der Waals surface area (Å²) in [6.45, 7) is 3.39. The lowest BCUT2D eigenvalue weighted by molar-refractivity contribution is -0.138. The molecule has 3 atom stereocenters. The lowest BCUT2D eigenvalue weighted by Crippen LogP contribution is -2.50. The van der Waals surface area contributed by atoms with Crippen molar-refractivity contribution in [2.75, 3.05) is 20.7 Å². The molecule has 0 saturated heterocycles. The summed E-state index contributed by atoms with van der Waals surface area (Å²) in [4.78, 5) is 48.2. The average molecular weight is 468 g/mol. The fourth-order valence-electron chi connectivity index (χ4n) is 3.18. The van der Waals surface area contributed by atoms with Gasteiger partial charge in [0.05, 0.1) is 13.0 Å². The third kappa shape index (κ3) is 9.59. The van der Waals surface area contributed by atoms with Crippen LogP contribution in [0.1, 0.15) is 32.3 Å². The van der Waals surface area contributed by atoms with Crippen LogP contribution in [0, 0.1) is 11.8 Å². The van der Waals surface area contributed by atoms with Gasteiger partial charge in [0.1, 0.15) is 18.3 Å².